The highest BCUT2D eigenvalue weighted by Crippen LogP contribution is 2.25. The van der Waals surface area contributed by atoms with Crippen molar-refractivity contribution in [2.75, 3.05) is 11.9 Å². The Morgan fingerprint density at radius 1 is 0.944 bits per heavy atom. The van der Waals surface area contributed by atoms with Gasteiger partial charge >= 0.3 is 0 Å². The van der Waals surface area contributed by atoms with Crippen LogP contribution in [0, 0.1) is 17.0 Å². The number of hydrogen-bond acceptors (Lipinski definition) is 3. The minimum absolute atomic E-state index is 0.107. The molecule has 2 rings (SSSR count). The van der Waals surface area contributed by atoms with Crippen molar-refractivity contribution < 1.29 is 4.92 Å². The summed E-state index contributed by atoms with van der Waals surface area (Å²) in [5.41, 5.74) is 3.28. The van der Waals surface area contributed by atoms with E-state index in [9.17, 15) is 10.1 Å². The zero-order valence-corrected chi connectivity index (χ0v) is 10.3. The second-order valence-electron chi connectivity index (χ2n) is 4.17. The third kappa shape index (κ3) is 2.48. The molecule has 92 valence electrons. The Kier molecular flexibility index (Phi) is 3.28. The number of anilines is 2. The van der Waals surface area contributed by atoms with Crippen LogP contribution in [0.2, 0.25) is 0 Å². The van der Waals surface area contributed by atoms with Crippen LogP contribution in [0.4, 0.5) is 17.1 Å². The molecular formula is C14H14N2O2. The van der Waals surface area contributed by atoms with Crippen molar-refractivity contribution in [2.24, 2.45) is 0 Å². The molecule has 2 aromatic rings. The highest BCUT2D eigenvalue weighted by molar-refractivity contribution is 5.63. The van der Waals surface area contributed by atoms with Gasteiger partial charge < -0.3 is 4.90 Å². The van der Waals surface area contributed by atoms with E-state index in [0.717, 1.165) is 11.4 Å². The molecule has 0 fully saturated rings. The molecule has 0 spiro atoms. The van der Waals surface area contributed by atoms with Gasteiger partial charge in [0, 0.05) is 30.6 Å². The van der Waals surface area contributed by atoms with E-state index in [0.29, 0.717) is 0 Å². The lowest BCUT2D eigenvalue weighted by molar-refractivity contribution is -0.384. The largest absolute Gasteiger partial charge is 0.345 e. The van der Waals surface area contributed by atoms with Crippen molar-refractivity contribution in [3.05, 3.63) is 64.2 Å². The van der Waals surface area contributed by atoms with Crippen LogP contribution in [0.1, 0.15) is 5.56 Å². The molecule has 2 aromatic carbocycles. The van der Waals surface area contributed by atoms with E-state index in [-0.39, 0.29) is 5.69 Å². The van der Waals surface area contributed by atoms with Crippen molar-refractivity contribution in [2.45, 2.75) is 6.92 Å². The van der Waals surface area contributed by atoms with E-state index in [1.165, 1.54) is 17.7 Å². The molecule has 0 saturated carbocycles. The number of hydrogen-bond donors (Lipinski definition) is 0. The number of nitro benzene ring substituents is 1. The van der Waals surface area contributed by atoms with Crippen LogP contribution in [-0.4, -0.2) is 12.0 Å². The van der Waals surface area contributed by atoms with Crippen LogP contribution in [0.25, 0.3) is 0 Å². The second-order valence-corrected chi connectivity index (χ2v) is 4.17. The Morgan fingerprint density at radius 2 is 1.39 bits per heavy atom. The standard InChI is InChI=1S/C14H14N2O2/c1-11-3-5-12(6-4-11)15(2)13-7-9-14(10-8-13)16(17)18/h3-10H,1-2H3. The fourth-order valence-electron chi connectivity index (χ4n) is 1.72. The van der Waals surface area contributed by atoms with Gasteiger partial charge in [-0.05, 0) is 31.2 Å². The van der Waals surface area contributed by atoms with Gasteiger partial charge in [0.25, 0.3) is 5.69 Å². The number of nitro groups is 1. The van der Waals surface area contributed by atoms with Gasteiger partial charge in [0.2, 0.25) is 0 Å². The van der Waals surface area contributed by atoms with Crippen molar-refractivity contribution >= 4 is 17.1 Å². The first-order valence-electron chi connectivity index (χ1n) is 5.63. The Labute approximate surface area is 106 Å². The summed E-state index contributed by atoms with van der Waals surface area (Å²) in [6.45, 7) is 2.04. The predicted octanol–water partition coefficient (Wildman–Crippen LogP) is 3.67. The van der Waals surface area contributed by atoms with Gasteiger partial charge in [0.05, 0.1) is 4.92 Å². The number of rotatable bonds is 3. The lowest BCUT2D eigenvalue weighted by Crippen LogP contribution is -2.09. The van der Waals surface area contributed by atoms with Crippen LogP contribution in [0.3, 0.4) is 0 Å². The summed E-state index contributed by atoms with van der Waals surface area (Å²) in [4.78, 5) is 12.2. The molecule has 0 aromatic heterocycles. The highest BCUT2D eigenvalue weighted by atomic mass is 16.6. The topological polar surface area (TPSA) is 46.4 Å². The van der Waals surface area contributed by atoms with E-state index in [1.807, 2.05) is 43.1 Å². The van der Waals surface area contributed by atoms with E-state index in [2.05, 4.69) is 0 Å². The van der Waals surface area contributed by atoms with Crippen LogP contribution in [0.15, 0.2) is 48.5 Å². The summed E-state index contributed by atoms with van der Waals surface area (Å²) in [6.07, 6.45) is 0. The van der Waals surface area contributed by atoms with E-state index in [1.54, 1.807) is 12.1 Å². The predicted molar refractivity (Wildman–Crippen MR) is 72.3 cm³/mol. The fraction of sp³-hybridized carbons (Fsp3) is 0.143. The highest BCUT2D eigenvalue weighted by Gasteiger charge is 2.07. The SMILES string of the molecule is Cc1ccc(N(C)c2ccc([N+](=O)[O-])cc2)cc1. The molecule has 0 heterocycles. The molecule has 18 heavy (non-hydrogen) atoms. The molecule has 0 atom stereocenters. The van der Waals surface area contributed by atoms with Gasteiger partial charge in [-0.25, -0.2) is 0 Å². The summed E-state index contributed by atoms with van der Waals surface area (Å²) >= 11 is 0. The molecule has 4 heteroatoms. The lowest BCUT2D eigenvalue weighted by Gasteiger charge is -2.19. The molecule has 0 aliphatic carbocycles. The van der Waals surface area contributed by atoms with Crippen LogP contribution >= 0.6 is 0 Å². The normalized spacial score (nSPS) is 10.1. The van der Waals surface area contributed by atoms with Crippen LogP contribution < -0.4 is 4.90 Å². The summed E-state index contributed by atoms with van der Waals surface area (Å²) < 4.78 is 0. The third-order valence-corrected chi connectivity index (χ3v) is 2.87. The average Bonchev–Trinajstić information content (AvgIpc) is 2.39. The Balaban J connectivity index is 2.25. The zero-order valence-electron chi connectivity index (χ0n) is 10.3. The van der Waals surface area contributed by atoms with Gasteiger partial charge in [0.15, 0.2) is 0 Å². The van der Waals surface area contributed by atoms with E-state index >= 15 is 0 Å². The zero-order chi connectivity index (χ0) is 13.1. The maximum Gasteiger partial charge on any atom is 0.269 e. The van der Waals surface area contributed by atoms with Crippen LogP contribution in [0.5, 0.6) is 0 Å². The van der Waals surface area contributed by atoms with Crippen molar-refractivity contribution in [1.82, 2.24) is 0 Å². The first kappa shape index (κ1) is 12.1. The number of benzene rings is 2. The lowest BCUT2D eigenvalue weighted by atomic mass is 10.2. The first-order valence-corrected chi connectivity index (χ1v) is 5.63. The molecule has 0 aliphatic heterocycles. The molecular weight excluding hydrogens is 228 g/mol. The van der Waals surface area contributed by atoms with Gasteiger partial charge in [-0.1, -0.05) is 17.7 Å². The van der Waals surface area contributed by atoms with Crippen LogP contribution in [-0.2, 0) is 0 Å². The number of nitrogens with zero attached hydrogens (tertiary/aromatic N) is 2. The second kappa shape index (κ2) is 4.87. The molecule has 0 amide bonds. The fourth-order valence-corrected chi connectivity index (χ4v) is 1.72. The van der Waals surface area contributed by atoms with Crippen molar-refractivity contribution in [3.63, 3.8) is 0 Å². The maximum absolute atomic E-state index is 10.6. The van der Waals surface area contributed by atoms with Gasteiger partial charge in [-0.2, -0.15) is 0 Å². The molecule has 0 bridgehead atoms. The minimum atomic E-state index is -0.393. The quantitative estimate of drug-likeness (QED) is 0.609. The number of aryl methyl sites for hydroxylation is 1. The minimum Gasteiger partial charge on any atom is -0.345 e. The molecule has 0 unspecified atom stereocenters. The third-order valence-electron chi connectivity index (χ3n) is 2.87. The first-order chi connectivity index (χ1) is 8.58. The Bertz CT molecular complexity index is 547. The summed E-state index contributed by atoms with van der Waals surface area (Å²) in [6, 6.07) is 14.7. The van der Waals surface area contributed by atoms with E-state index < -0.39 is 4.92 Å². The van der Waals surface area contributed by atoms with Gasteiger partial charge in [-0.15, -0.1) is 0 Å². The Hall–Kier alpha value is -2.36. The average molecular weight is 242 g/mol. The smallest absolute Gasteiger partial charge is 0.269 e. The molecule has 4 nitrogen and oxygen atoms in total. The van der Waals surface area contributed by atoms with Gasteiger partial charge in [0.1, 0.15) is 0 Å². The molecule has 0 saturated heterocycles. The summed E-state index contributed by atoms with van der Waals surface area (Å²) in [5, 5.41) is 10.6. The Morgan fingerprint density at radius 3 is 1.83 bits per heavy atom. The van der Waals surface area contributed by atoms with E-state index in [4.69, 9.17) is 0 Å². The maximum atomic E-state index is 10.6. The van der Waals surface area contributed by atoms with Crippen molar-refractivity contribution in [3.8, 4) is 0 Å². The van der Waals surface area contributed by atoms with Gasteiger partial charge in [-0.3, -0.25) is 10.1 Å². The molecule has 0 aliphatic rings. The summed E-state index contributed by atoms with van der Waals surface area (Å²) in [5.74, 6) is 0. The number of non-ortho nitro benzene ring substituents is 1. The monoisotopic (exact) mass is 242 g/mol. The molecule has 0 radical (unpaired) electrons. The summed E-state index contributed by atoms with van der Waals surface area (Å²) in [7, 11) is 1.94. The van der Waals surface area contributed by atoms with Crippen molar-refractivity contribution in [1.29, 1.82) is 0 Å². The molecule has 0 N–H and O–H groups in total.